The maximum absolute atomic E-state index is 12.4. The molecule has 0 aliphatic heterocycles. The molecule has 0 aliphatic rings. The Bertz CT molecular complexity index is 823. The summed E-state index contributed by atoms with van der Waals surface area (Å²) in [5.41, 5.74) is 1.52. The van der Waals surface area contributed by atoms with Crippen molar-refractivity contribution in [2.75, 3.05) is 25.0 Å². The molecule has 0 saturated heterocycles. The van der Waals surface area contributed by atoms with Crippen LogP contribution in [0.5, 0.6) is 5.75 Å². The highest BCUT2D eigenvalue weighted by molar-refractivity contribution is 5.97. The van der Waals surface area contributed by atoms with Crippen molar-refractivity contribution in [2.45, 2.75) is 13.8 Å². The number of carbonyl (C=O) groups excluding carboxylic acids is 2. The van der Waals surface area contributed by atoms with Gasteiger partial charge in [0.15, 0.2) is 6.61 Å². The maximum atomic E-state index is 12.4. The zero-order chi connectivity index (χ0) is 18.9. The van der Waals surface area contributed by atoms with Crippen LogP contribution >= 0.6 is 0 Å². The summed E-state index contributed by atoms with van der Waals surface area (Å²) in [6.45, 7) is 4.91. The number of ether oxygens (including phenoxy) is 1. The molecule has 0 saturated carbocycles. The molecule has 0 heterocycles. The van der Waals surface area contributed by atoms with Gasteiger partial charge < -0.3 is 15.0 Å². The van der Waals surface area contributed by atoms with E-state index in [0.29, 0.717) is 35.7 Å². The maximum Gasteiger partial charge on any atom is 0.262 e. The first-order valence-electron chi connectivity index (χ1n) is 8.39. The molecule has 6 nitrogen and oxygen atoms in total. The number of hydrogen-bond donors (Lipinski definition) is 1. The lowest BCUT2D eigenvalue weighted by Gasteiger charge is -2.19. The number of amides is 2. The van der Waals surface area contributed by atoms with Crippen LogP contribution in [0.1, 0.15) is 29.8 Å². The Morgan fingerprint density at radius 2 is 1.85 bits per heavy atom. The highest BCUT2D eigenvalue weighted by Gasteiger charge is 2.13. The summed E-state index contributed by atoms with van der Waals surface area (Å²) in [5, 5.41) is 11.6. The van der Waals surface area contributed by atoms with Crippen LogP contribution in [0.15, 0.2) is 48.5 Å². The fourth-order valence-electron chi connectivity index (χ4n) is 2.42. The molecule has 1 N–H and O–H groups in total. The van der Waals surface area contributed by atoms with E-state index in [0.717, 1.165) is 0 Å². The summed E-state index contributed by atoms with van der Waals surface area (Å²) in [5.74, 6) is 0.0279. The fourth-order valence-corrected chi connectivity index (χ4v) is 2.42. The summed E-state index contributed by atoms with van der Waals surface area (Å²) in [6, 6.07) is 15.4. The molecule has 26 heavy (non-hydrogen) atoms. The second-order valence-electron chi connectivity index (χ2n) is 5.53. The quantitative estimate of drug-likeness (QED) is 0.831. The van der Waals surface area contributed by atoms with Crippen LogP contribution in [0.25, 0.3) is 0 Å². The number of rotatable bonds is 7. The molecule has 0 bridgehead atoms. The minimum Gasteiger partial charge on any atom is -0.484 e. The Balaban J connectivity index is 1.97. The van der Waals surface area contributed by atoms with E-state index in [1.165, 1.54) is 0 Å². The minimum atomic E-state index is -0.347. The van der Waals surface area contributed by atoms with Crippen molar-refractivity contribution in [3.8, 4) is 11.8 Å². The van der Waals surface area contributed by atoms with E-state index in [9.17, 15) is 9.59 Å². The second kappa shape index (κ2) is 9.23. The van der Waals surface area contributed by atoms with Crippen molar-refractivity contribution >= 4 is 17.5 Å². The normalized spacial score (nSPS) is 9.88. The smallest absolute Gasteiger partial charge is 0.262 e. The van der Waals surface area contributed by atoms with E-state index in [1.54, 1.807) is 53.4 Å². The second-order valence-corrected chi connectivity index (χ2v) is 5.53. The SMILES string of the molecule is CCN(CC)C(=O)c1cccc(NC(=O)COc2cccc(C#N)c2)c1. The lowest BCUT2D eigenvalue weighted by molar-refractivity contribution is -0.118. The van der Waals surface area contributed by atoms with Crippen molar-refractivity contribution in [1.82, 2.24) is 4.90 Å². The van der Waals surface area contributed by atoms with Gasteiger partial charge >= 0.3 is 0 Å². The molecule has 2 aromatic carbocycles. The lowest BCUT2D eigenvalue weighted by atomic mass is 10.1. The molecule has 0 aliphatic carbocycles. The number of nitrogens with zero attached hydrogens (tertiary/aromatic N) is 2. The third kappa shape index (κ3) is 5.08. The van der Waals surface area contributed by atoms with Crippen molar-refractivity contribution in [1.29, 1.82) is 5.26 Å². The number of benzene rings is 2. The molecule has 6 heteroatoms. The van der Waals surface area contributed by atoms with E-state index < -0.39 is 0 Å². The number of hydrogen-bond acceptors (Lipinski definition) is 4. The summed E-state index contributed by atoms with van der Waals surface area (Å²) < 4.78 is 5.39. The lowest BCUT2D eigenvalue weighted by Crippen LogP contribution is -2.30. The zero-order valence-corrected chi connectivity index (χ0v) is 14.9. The average molecular weight is 351 g/mol. The highest BCUT2D eigenvalue weighted by Crippen LogP contribution is 2.14. The molecule has 0 aromatic heterocycles. The average Bonchev–Trinajstić information content (AvgIpc) is 2.67. The third-order valence-electron chi connectivity index (χ3n) is 3.78. The Kier molecular flexibility index (Phi) is 6.75. The van der Waals surface area contributed by atoms with Gasteiger partial charge in [-0.1, -0.05) is 12.1 Å². The van der Waals surface area contributed by atoms with Gasteiger partial charge in [0, 0.05) is 24.3 Å². The van der Waals surface area contributed by atoms with Crippen LogP contribution in [-0.2, 0) is 4.79 Å². The number of carbonyl (C=O) groups is 2. The third-order valence-corrected chi connectivity index (χ3v) is 3.78. The van der Waals surface area contributed by atoms with Gasteiger partial charge in [0.05, 0.1) is 11.6 Å². The summed E-state index contributed by atoms with van der Waals surface area (Å²) >= 11 is 0. The van der Waals surface area contributed by atoms with E-state index in [2.05, 4.69) is 5.32 Å². The van der Waals surface area contributed by atoms with Crippen molar-refractivity contribution in [3.05, 3.63) is 59.7 Å². The standard InChI is InChI=1S/C20H21N3O3/c1-3-23(4-2)20(25)16-8-6-9-17(12-16)22-19(24)14-26-18-10-5-7-15(11-18)13-21/h5-12H,3-4,14H2,1-2H3,(H,22,24). The highest BCUT2D eigenvalue weighted by atomic mass is 16.5. The van der Waals surface area contributed by atoms with Crippen LogP contribution in [0.4, 0.5) is 5.69 Å². The number of nitrogens with one attached hydrogen (secondary N) is 1. The Morgan fingerprint density at radius 1 is 1.12 bits per heavy atom. The topological polar surface area (TPSA) is 82.4 Å². The van der Waals surface area contributed by atoms with Crippen LogP contribution in [-0.4, -0.2) is 36.4 Å². The molecule has 2 amide bonds. The Labute approximate surface area is 153 Å². The molecule has 0 spiro atoms. The minimum absolute atomic E-state index is 0.0735. The summed E-state index contributed by atoms with van der Waals surface area (Å²) in [4.78, 5) is 26.2. The first kappa shape index (κ1) is 19.0. The van der Waals surface area contributed by atoms with Crippen LogP contribution in [0, 0.1) is 11.3 Å². The van der Waals surface area contributed by atoms with Gasteiger partial charge in [0.25, 0.3) is 11.8 Å². The van der Waals surface area contributed by atoms with Crippen molar-refractivity contribution in [2.24, 2.45) is 0 Å². The van der Waals surface area contributed by atoms with E-state index >= 15 is 0 Å². The summed E-state index contributed by atoms with van der Waals surface area (Å²) in [6.07, 6.45) is 0. The molecule has 134 valence electrons. The predicted molar refractivity (Wildman–Crippen MR) is 99.0 cm³/mol. The fraction of sp³-hybridized carbons (Fsp3) is 0.250. The monoisotopic (exact) mass is 351 g/mol. The van der Waals surface area contributed by atoms with Crippen LogP contribution < -0.4 is 10.1 Å². The Hall–Kier alpha value is -3.33. The van der Waals surface area contributed by atoms with Gasteiger partial charge in [0.2, 0.25) is 0 Å². The zero-order valence-electron chi connectivity index (χ0n) is 14.9. The van der Waals surface area contributed by atoms with Crippen molar-refractivity contribution in [3.63, 3.8) is 0 Å². The van der Waals surface area contributed by atoms with E-state index in [4.69, 9.17) is 10.00 Å². The molecule has 2 rings (SSSR count). The van der Waals surface area contributed by atoms with Gasteiger partial charge in [-0.25, -0.2) is 0 Å². The first-order valence-corrected chi connectivity index (χ1v) is 8.39. The van der Waals surface area contributed by atoms with Gasteiger partial charge in [-0.15, -0.1) is 0 Å². The van der Waals surface area contributed by atoms with E-state index in [1.807, 2.05) is 19.9 Å². The molecular formula is C20H21N3O3. The van der Waals surface area contributed by atoms with Gasteiger partial charge in [-0.3, -0.25) is 9.59 Å². The van der Waals surface area contributed by atoms with Crippen LogP contribution in [0.3, 0.4) is 0 Å². The summed E-state index contributed by atoms with van der Waals surface area (Å²) in [7, 11) is 0. The molecule has 0 radical (unpaired) electrons. The van der Waals surface area contributed by atoms with Gasteiger partial charge in [0.1, 0.15) is 5.75 Å². The molecule has 0 unspecified atom stereocenters. The largest absolute Gasteiger partial charge is 0.484 e. The Morgan fingerprint density at radius 3 is 2.54 bits per heavy atom. The number of anilines is 1. The van der Waals surface area contributed by atoms with Crippen molar-refractivity contribution < 1.29 is 14.3 Å². The molecule has 2 aromatic rings. The van der Waals surface area contributed by atoms with Crippen LogP contribution in [0.2, 0.25) is 0 Å². The number of nitriles is 1. The molecular weight excluding hydrogens is 330 g/mol. The van der Waals surface area contributed by atoms with E-state index in [-0.39, 0.29) is 18.4 Å². The predicted octanol–water partition coefficient (Wildman–Crippen LogP) is 3.06. The first-order chi connectivity index (χ1) is 12.6. The molecule has 0 fully saturated rings. The molecule has 0 atom stereocenters. The van der Waals surface area contributed by atoms with Gasteiger partial charge in [-0.05, 0) is 50.2 Å². The van der Waals surface area contributed by atoms with Gasteiger partial charge in [-0.2, -0.15) is 5.26 Å².